The molecular formula is C48H66N6O6. The number of carbonyl (C=O) groups is 2. The Morgan fingerprint density at radius 1 is 1.12 bits per heavy atom. The molecule has 6 aliphatic rings. The van der Waals surface area contributed by atoms with Crippen LogP contribution < -0.4 is 16.0 Å². The number of hydrogen-bond acceptors (Lipinski definition) is 10. The number of hydrogen-bond donors (Lipinski definition) is 6. The molecule has 324 valence electrons. The molecule has 9 rings (SSSR count). The van der Waals surface area contributed by atoms with Gasteiger partial charge in [0.25, 0.3) is 5.91 Å². The van der Waals surface area contributed by atoms with Crippen molar-refractivity contribution in [2.75, 3.05) is 57.8 Å². The van der Waals surface area contributed by atoms with Gasteiger partial charge in [-0.15, -0.1) is 0 Å². The van der Waals surface area contributed by atoms with Crippen molar-refractivity contribution in [3.05, 3.63) is 76.5 Å². The van der Waals surface area contributed by atoms with Crippen LogP contribution in [-0.2, 0) is 26.2 Å². The quantitative estimate of drug-likeness (QED) is 0.106. The minimum atomic E-state index is -2.18. The number of nitrogens with zero attached hydrogens (tertiary/aromatic N) is 3. The highest BCUT2D eigenvalue weighted by Gasteiger charge is 2.78. The highest BCUT2D eigenvalue weighted by atomic mass is 16.5. The van der Waals surface area contributed by atoms with Crippen molar-refractivity contribution in [2.24, 2.45) is 17.1 Å². The number of H-pyrrole nitrogens is 1. The Kier molecular flexibility index (Phi) is 10.4. The van der Waals surface area contributed by atoms with Gasteiger partial charge < -0.3 is 41.0 Å². The van der Waals surface area contributed by atoms with E-state index in [9.17, 15) is 24.9 Å². The van der Waals surface area contributed by atoms with Gasteiger partial charge in [-0.1, -0.05) is 57.2 Å². The van der Waals surface area contributed by atoms with Crippen molar-refractivity contribution in [1.29, 1.82) is 0 Å². The van der Waals surface area contributed by atoms with Crippen LogP contribution in [0.4, 0.5) is 5.69 Å². The number of likely N-dealkylation sites (N-methyl/N-ethyl adjacent to an activating group) is 1. The van der Waals surface area contributed by atoms with Crippen molar-refractivity contribution in [3.8, 4) is 0 Å². The number of aromatic nitrogens is 1. The van der Waals surface area contributed by atoms with Crippen molar-refractivity contribution < 1.29 is 29.6 Å². The first-order valence-electron chi connectivity index (χ1n) is 22.6. The van der Waals surface area contributed by atoms with E-state index in [-0.39, 0.29) is 36.9 Å². The molecule has 1 aromatic heterocycles. The predicted octanol–water partition coefficient (Wildman–Crippen LogP) is 3.98. The molecule has 3 fully saturated rings. The number of aryl methyl sites for hydroxylation is 1. The zero-order valence-corrected chi connectivity index (χ0v) is 36.3. The van der Waals surface area contributed by atoms with Crippen molar-refractivity contribution >= 4 is 28.5 Å². The van der Waals surface area contributed by atoms with Gasteiger partial charge in [0, 0.05) is 84.8 Å². The molecule has 5 aliphatic heterocycles. The van der Waals surface area contributed by atoms with E-state index in [0.29, 0.717) is 32.2 Å². The van der Waals surface area contributed by atoms with Gasteiger partial charge >= 0.3 is 5.97 Å². The van der Waals surface area contributed by atoms with Crippen LogP contribution in [0.1, 0.15) is 99.6 Å². The summed E-state index contributed by atoms with van der Waals surface area (Å²) in [6, 6.07) is 11.7. The summed E-state index contributed by atoms with van der Waals surface area (Å²) in [5.74, 6) is -0.777. The largest absolute Gasteiger partial charge is 0.464 e. The van der Waals surface area contributed by atoms with Gasteiger partial charge in [0.1, 0.15) is 12.1 Å². The van der Waals surface area contributed by atoms with Crippen molar-refractivity contribution in [2.45, 2.75) is 126 Å². The average molecular weight is 823 g/mol. The number of esters is 1. The van der Waals surface area contributed by atoms with Crippen LogP contribution >= 0.6 is 0 Å². The molecule has 12 heteroatoms. The maximum Gasteiger partial charge on any atom is 0.322 e. The molecule has 2 saturated heterocycles. The van der Waals surface area contributed by atoms with E-state index in [1.807, 2.05) is 7.05 Å². The minimum Gasteiger partial charge on any atom is -0.464 e. The van der Waals surface area contributed by atoms with Gasteiger partial charge in [-0.05, 0) is 105 Å². The van der Waals surface area contributed by atoms with Gasteiger partial charge in [-0.2, -0.15) is 0 Å². The monoisotopic (exact) mass is 823 g/mol. The van der Waals surface area contributed by atoms with Gasteiger partial charge in [-0.3, -0.25) is 19.4 Å². The van der Waals surface area contributed by atoms with E-state index in [1.54, 1.807) is 6.92 Å². The number of benzene rings is 2. The molecule has 3 aromatic rings. The Morgan fingerprint density at radius 3 is 2.65 bits per heavy atom. The van der Waals surface area contributed by atoms with E-state index >= 15 is 0 Å². The standard InChI is InChI=1S/C48H66N6O6/c1-7-45(58)25-31-26-53(27-45)20-15-33-32-13-9-10-14-36(32)51-39(33)29(4)38(31)34-24-35-37(23-28(34)3)52(6)42-47(35)17-21-54-19-11-16-46(8-2,41(47)54)43(56)48(42,59)44(57)50-18-12-22-60-40(55)30(5)49/h9-11,13-14,16,23-24,29-31,38,41-43,51,56,58-59H,7-8,12,15,17-22,25-27,49H2,1-6H3,(H,50,57)/t29-,30?,31+,38?,41?,42?,43-,45?,46-,47?,48+/m1/s1. The molecule has 1 amide bonds. The lowest BCUT2D eigenvalue weighted by molar-refractivity contribution is -0.203. The zero-order chi connectivity index (χ0) is 42.5. The number of aliphatic hydroxyl groups excluding tert-OH is 1. The van der Waals surface area contributed by atoms with E-state index in [1.165, 1.54) is 22.2 Å². The summed E-state index contributed by atoms with van der Waals surface area (Å²) in [4.78, 5) is 37.7. The molecule has 2 bridgehead atoms. The van der Waals surface area contributed by atoms with Crippen LogP contribution in [0.15, 0.2) is 48.6 Å². The number of nitrogens with two attached hydrogens (primary N) is 1. The number of para-hydroxylation sites is 1. The van der Waals surface area contributed by atoms with Crippen LogP contribution in [0.5, 0.6) is 0 Å². The Labute approximate surface area is 354 Å². The van der Waals surface area contributed by atoms with Crippen LogP contribution in [0.25, 0.3) is 10.9 Å². The Hall–Kier alpha value is -3.78. The summed E-state index contributed by atoms with van der Waals surface area (Å²) in [7, 11) is 1.98. The second-order valence-electron chi connectivity index (χ2n) is 19.5. The number of aliphatic hydroxyl groups is 3. The van der Waals surface area contributed by atoms with Gasteiger partial charge in [0.15, 0.2) is 5.60 Å². The SMILES string of the molecule is CCC1(O)C[C@H]2CN(CCc3c([nH]c4ccccc34)[C@H](C)C2c2cc3c(cc2C)N(C)C2C34CCN3CC=C[C@](CC)(C34)[C@@H](O)[C@]2(O)C(=O)NCCCOC(=O)C(C)N)C1. The molecule has 6 heterocycles. The molecule has 12 atom stereocenters. The fraction of sp³-hybridized carbons (Fsp3) is 0.625. The number of piperidine rings is 1. The third kappa shape index (κ3) is 5.91. The molecule has 60 heavy (non-hydrogen) atoms. The Morgan fingerprint density at radius 2 is 1.90 bits per heavy atom. The summed E-state index contributed by atoms with van der Waals surface area (Å²) >= 11 is 0. The number of fused-ring (bicyclic) bond motifs is 6. The average Bonchev–Trinajstić information content (AvgIpc) is 3.89. The molecular weight excluding hydrogens is 757 g/mol. The van der Waals surface area contributed by atoms with E-state index in [0.717, 1.165) is 61.4 Å². The maximum absolute atomic E-state index is 14.8. The van der Waals surface area contributed by atoms with Crippen LogP contribution in [0.3, 0.4) is 0 Å². The number of amides is 1. The molecule has 12 nitrogen and oxygen atoms in total. The van der Waals surface area contributed by atoms with Crippen LogP contribution in [-0.4, -0.2) is 130 Å². The van der Waals surface area contributed by atoms with Crippen molar-refractivity contribution in [1.82, 2.24) is 20.1 Å². The Balaban J connectivity index is 1.18. The first-order valence-corrected chi connectivity index (χ1v) is 22.6. The van der Waals surface area contributed by atoms with Crippen molar-refractivity contribution in [3.63, 3.8) is 0 Å². The number of nitrogens with one attached hydrogen (secondary N) is 2. The third-order valence-electron chi connectivity index (χ3n) is 16.3. The fourth-order valence-corrected chi connectivity index (χ4v) is 13.7. The number of aromatic amines is 1. The molecule has 1 spiro atoms. The highest BCUT2D eigenvalue weighted by Crippen LogP contribution is 2.67. The molecule has 0 radical (unpaired) electrons. The normalized spacial score (nSPS) is 37.3. The summed E-state index contributed by atoms with van der Waals surface area (Å²) in [5.41, 5.74) is 9.44. The topological polar surface area (TPSA) is 168 Å². The number of carbonyl (C=O) groups excluding carboxylic acids is 2. The minimum absolute atomic E-state index is 0.0641. The lowest BCUT2D eigenvalue weighted by Gasteiger charge is -2.63. The predicted molar refractivity (Wildman–Crippen MR) is 233 cm³/mol. The van der Waals surface area contributed by atoms with Gasteiger partial charge in [0.2, 0.25) is 0 Å². The summed E-state index contributed by atoms with van der Waals surface area (Å²) in [6.45, 7) is 14.5. The first kappa shape index (κ1) is 41.6. The number of rotatable bonds is 9. The lowest BCUT2D eigenvalue weighted by Crippen LogP contribution is -2.81. The molecule has 7 unspecified atom stereocenters. The highest BCUT2D eigenvalue weighted by molar-refractivity contribution is 5.90. The smallest absolute Gasteiger partial charge is 0.322 e. The summed E-state index contributed by atoms with van der Waals surface area (Å²) in [6.07, 6.45) is 6.73. The summed E-state index contributed by atoms with van der Waals surface area (Å²) < 4.78 is 5.26. The number of anilines is 1. The molecule has 7 N–H and O–H groups in total. The second kappa shape index (κ2) is 14.9. The Bertz CT molecular complexity index is 2210. The third-order valence-corrected chi connectivity index (χ3v) is 16.3. The lowest BCUT2D eigenvalue weighted by atomic mass is 9.47. The summed E-state index contributed by atoms with van der Waals surface area (Å²) in [5, 5.41) is 42.4. The molecule has 1 saturated carbocycles. The van der Waals surface area contributed by atoms with Crippen LogP contribution in [0, 0.1) is 18.3 Å². The molecule has 2 aromatic carbocycles. The van der Waals surface area contributed by atoms with Crippen LogP contribution in [0.2, 0.25) is 0 Å². The van der Waals surface area contributed by atoms with E-state index in [4.69, 9.17) is 10.5 Å². The zero-order valence-electron chi connectivity index (χ0n) is 36.3. The van der Waals surface area contributed by atoms with E-state index < -0.39 is 52.1 Å². The molecule has 1 aliphatic carbocycles. The van der Waals surface area contributed by atoms with E-state index in [2.05, 4.69) is 101 Å². The second-order valence-corrected chi connectivity index (χ2v) is 19.5. The number of ether oxygens (including phenoxy) is 1. The maximum atomic E-state index is 14.8. The fourth-order valence-electron chi connectivity index (χ4n) is 13.7. The van der Waals surface area contributed by atoms with Gasteiger partial charge in [-0.25, -0.2) is 0 Å². The first-order chi connectivity index (χ1) is 28.6. The van der Waals surface area contributed by atoms with Gasteiger partial charge in [0.05, 0.1) is 18.2 Å².